The number of alkyl halides is 3. The third-order valence-electron chi connectivity index (χ3n) is 5.94. The fourth-order valence-electron chi connectivity index (χ4n) is 4.18. The molecule has 2 aromatic rings. The maximum atomic E-state index is 13.4. The number of imide groups is 1. The Labute approximate surface area is 184 Å². The monoisotopic (exact) mass is 443 g/mol. The molecule has 2 aliphatic heterocycles. The molecule has 2 aromatic carbocycles. The zero-order chi connectivity index (χ0) is 22.9. The van der Waals surface area contributed by atoms with Crippen LogP contribution in [0.4, 0.5) is 13.2 Å². The first-order valence-electron chi connectivity index (χ1n) is 10.6. The quantitative estimate of drug-likeness (QED) is 0.663. The molecule has 2 amide bonds. The lowest BCUT2D eigenvalue weighted by atomic mass is 10.0. The van der Waals surface area contributed by atoms with Crippen LogP contribution in [-0.2, 0) is 22.3 Å². The van der Waals surface area contributed by atoms with E-state index in [1.54, 1.807) is 24.3 Å². The van der Waals surface area contributed by atoms with Crippen molar-refractivity contribution in [2.24, 2.45) is 0 Å². The van der Waals surface area contributed by atoms with Crippen molar-refractivity contribution in [2.45, 2.75) is 19.6 Å². The first kappa shape index (κ1) is 22.1. The van der Waals surface area contributed by atoms with Crippen molar-refractivity contribution in [3.8, 4) is 0 Å². The van der Waals surface area contributed by atoms with E-state index in [4.69, 9.17) is 0 Å². The van der Waals surface area contributed by atoms with Gasteiger partial charge in [0.25, 0.3) is 11.8 Å². The van der Waals surface area contributed by atoms with Crippen LogP contribution in [0.1, 0.15) is 23.6 Å². The number of benzene rings is 2. The van der Waals surface area contributed by atoms with E-state index in [-0.39, 0.29) is 12.1 Å². The highest BCUT2D eigenvalue weighted by atomic mass is 19.4. The summed E-state index contributed by atoms with van der Waals surface area (Å²) < 4.78 is 39.4. The van der Waals surface area contributed by atoms with E-state index in [1.165, 1.54) is 12.1 Å². The molecule has 1 saturated heterocycles. The van der Waals surface area contributed by atoms with Crippen LogP contribution in [0.2, 0.25) is 0 Å². The van der Waals surface area contributed by atoms with Crippen LogP contribution in [0.5, 0.6) is 0 Å². The second-order valence-electron chi connectivity index (χ2n) is 7.91. The zero-order valence-corrected chi connectivity index (χ0v) is 17.7. The van der Waals surface area contributed by atoms with Gasteiger partial charge in [-0.3, -0.25) is 14.5 Å². The molecule has 0 spiro atoms. The number of halogens is 3. The molecule has 0 N–H and O–H groups in total. The fraction of sp³-hybridized carbons (Fsp3) is 0.333. The molecule has 0 unspecified atom stereocenters. The summed E-state index contributed by atoms with van der Waals surface area (Å²) in [6, 6.07) is 13.7. The Hall–Kier alpha value is -3.13. The van der Waals surface area contributed by atoms with Crippen LogP contribution in [0, 0.1) is 0 Å². The van der Waals surface area contributed by atoms with Gasteiger partial charge in [-0.25, -0.2) is 0 Å². The lowest BCUT2D eigenvalue weighted by molar-refractivity contribution is -0.138. The van der Waals surface area contributed by atoms with Crippen LogP contribution in [0.3, 0.4) is 0 Å². The number of carbonyl (C=O) groups is 2. The van der Waals surface area contributed by atoms with Crippen molar-refractivity contribution in [3.05, 3.63) is 77.0 Å². The maximum Gasteiger partial charge on any atom is 0.416 e. The molecule has 2 aliphatic rings. The van der Waals surface area contributed by atoms with E-state index in [1.807, 2.05) is 11.0 Å². The van der Waals surface area contributed by atoms with E-state index in [0.717, 1.165) is 36.7 Å². The summed E-state index contributed by atoms with van der Waals surface area (Å²) in [7, 11) is 0. The van der Waals surface area contributed by atoms with E-state index in [9.17, 15) is 22.8 Å². The number of piperazine rings is 1. The van der Waals surface area contributed by atoms with Crippen LogP contribution in [0.25, 0.3) is 5.57 Å². The summed E-state index contributed by atoms with van der Waals surface area (Å²) in [5.74, 6) is -0.942. The molecule has 0 atom stereocenters. The Morgan fingerprint density at radius 1 is 0.875 bits per heavy atom. The predicted molar refractivity (Wildman–Crippen MR) is 114 cm³/mol. The minimum atomic E-state index is -4.49. The topological polar surface area (TPSA) is 43.9 Å². The number of likely N-dealkylation sites (N-methyl/N-ethyl adjacent to an activating group) is 1. The van der Waals surface area contributed by atoms with Crippen molar-refractivity contribution in [1.82, 2.24) is 14.7 Å². The molecule has 168 valence electrons. The van der Waals surface area contributed by atoms with Crippen molar-refractivity contribution < 1.29 is 22.8 Å². The van der Waals surface area contributed by atoms with Crippen LogP contribution >= 0.6 is 0 Å². The Morgan fingerprint density at radius 2 is 1.56 bits per heavy atom. The van der Waals surface area contributed by atoms with Gasteiger partial charge in [-0.05, 0) is 29.8 Å². The molecule has 1 fully saturated rings. The van der Waals surface area contributed by atoms with Gasteiger partial charge < -0.3 is 9.80 Å². The van der Waals surface area contributed by atoms with Crippen LogP contribution < -0.4 is 0 Å². The number of hydrogen-bond acceptors (Lipinski definition) is 4. The fourth-order valence-corrected chi connectivity index (χ4v) is 4.18. The molecule has 0 radical (unpaired) electrons. The summed E-state index contributed by atoms with van der Waals surface area (Å²) >= 11 is 0. The van der Waals surface area contributed by atoms with Gasteiger partial charge in [-0.15, -0.1) is 0 Å². The van der Waals surface area contributed by atoms with Crippen molar-refractivity contribution in [3.63, 3.8) is 0 Å². The smallest absolute Gasteiger partial charge is 0.364 e. The second-order valence-corrected chi connectivity index (χ2v) is 7.91. The minimum absolute atomic E-state index is 0.212. The lowest BCUT2D eigenvalue weighted by Crippen LogP contribution is -2.47. The van der Waals surface area contributed by atoms with Crippen molar-refractivity contribution in [2.75, 3.05) is 32.7 Å². The molecule has 0 saturated carbocycles. The molecule has 0 bridgehead atoms. The first-order valence-corrected chi connectivity index (χ1v) is 10.6. The standard InChI is InChI=1S/C24H24F3N3O2/c1-2-28-11-13-29(14-12-28)21-20(18-8-4-3-5-9-18)22(31)30(23(21)32)16-17-7-6-10-19(15-17)24(25,26)27/h3-10,15H,2,11-14,16H2,1H3. The summed E-state index contributed by atoms with van der Waals surface area (Å²) in [6.07, 6.45) is -4.49. The van der Waals surface area contributed by atoms with Gasteiger partial charge in [0.1, 0.15) is 5.70 Å². The highest BCUT2D eigenvalue weighted by Gasteiger charge is 2.42. The molecule has 5 nitrogen and oxygen atoms in total. The number of hydrogen-bond donors (Lipinski definition) is 0. The number of rotatable bonds is 5. The van der Waals surface area contributed by atoms with Gasteiger partial charge in [0.15, 0.2) is 0 Å². The second kappa shape index (κ2) is 8.78. The molecule has 8 heteroatoms. The number of amides is 2. The predicted octanol–water partition coefficient (Wildman–Crippen LogP) is 3.62. The summed E-state index contributed by atoms with van der Waals surface area (Å²) in [5, 5.41) is 0. The Kier molecular flexibility index (Phi) is 6.06. The van der Waals surface area contributed by atoms with Crippen LogP contribution in [-0.4, -0.2) is 59.2 Å². The van der Waals surface area contributed by atoms with E-state index < -0.39 is 23.6 Å². The summed E-state index contributed by atoms with van der Waals surface area (Å²) in [5.41, 5.74) is 0.731. The molecule has 0 aromatic heterocycles. The Morgan fingerprint density at radius 3 is 2.19 bits per heavy atom. The Bertz CT molecular complexity index is 1040. The van der Waals surface area contributed by atoms with Crippen LogP contribution in [0.15, 0.2) is 60.3 Å². The average Bonchev–Trinajstić information content (AvgIpc) is 3.04. The van der Waals surface area contributed by atoms with E-state index in [2.05, 4.69) is 11.8 Å². The third-order valence-corrected chi connectivity index (χ3v) is 5.94. The first-order chi connectivity index (χ1) is 15.3. The van der Waals surface area contributed by atoms with Gasteiger partial charge in [0, 0.05) is 26.2 Å². The lowest BCUT2D eigenvalue weighted by Gasteiger charge is -2.36. The average molecular weight is 443 g/mol. The Balaban J connectivity index is 1.67. The maximum absolute atomic E-state index is 13.4. The van der Waals surface area contributed by atoms with Gasteiger partial charge in [0.2, 0.25) is 0 Å². The molecule has 32 heavy (non-hydrogen) atoms. The highest BCUT2D eigenvalue weighted by Crippen LogP contribution is 2.34. The molecular weight excluding hydrogens is 419 g/mol. The van der Waals surface area contributed by atoms with Crippen molar-refractivity contribution in [1.29, 1.82) is 0 Å². The number of nitrogens with zero attached hydrogens (tertiary/aromatic N) is 3. The molecule has 0 aliphatic carbocycles. The zero-order valence-electron chi connectivity index (χ0n) is 17.7. The summed E-state index contributed by atoms with van der Waals surface area (Å²) in [6.45, 7) is 5.54. The van der Waals surface area contributed by atoms with E-state index in [0.29, 0.717) is 29.9 Å². The minimum Gasteiger partial charge on any atom is -0.364 e. The molecular formula is C24H24F3N3O2. The third kappa shape index (κ3) is 4.27. The van der Waals surface area contributed by atoms with E-state index >= 15 is 0 Å². The van der Waals surface area contributed by atoms with Gasteiger partial charge in [-0.2, -0.15) is 13.2 Å². The van der Waals surface area contributed by atoms with Gasteiger partial charge in [-0.1, -0.05) is 49.4 Å². The molecule has 4 rings (SSSR count). The van der Waals surface area contributed by atoms with Crippen molar-refractivity contribution >= 4 is 17.4 Å². The van der Waals surface area contributed by atoms with Gasteiger partial charge in [0.05, 0.1) is 17.7 Å². The SMILES string of the molecule is CCN1CCN(C2=C(c3ccccc3)C(=O)N(Cc3cccc(C(F)(F)F)c3)C2=O)CC1. The van der Waals surface area contributed by atoms with Gasteiger partial charge >= 0.3 is 6.18 Å². The largest absolute Gasteiger partial charge is 0.416 e. The molecule has 2 heterocycles. The number of carbonyl (C=O) groups excluding carboxylic acids is 2. The normalized spacial score (nSPS) is 18.1. The summed E-state index contributed by atoms with van der Waals surface area (Å²) in [4.78, 5) is 32.0. The highest BCUT2D eigenvalue weighted by molar-refractivity contribution is 6.35.